The number of methoxy groups -OCH3 is 1. The predicted molar refractivity (Wildman–Crippen MR) is 121 cm³/mol. The van der Waals surface area contributed by atoms with Crippen molar-refractivity contribution in [3.05, 3.63) is 0 Å². The van der Waals surface area contributed by atoms with Gasteiger partial charge >= 0.3 is 7.60 Å². The van der Waals surface area contributed by atoms with Crippen molar-refractivity contribution in [3.8, 4) is 0 Å². The van der Waals surface area contributed by atoms with E-state index in [1.165, 1.54) is 51.4 Å². The van der Waals surface area contributed by atoms with Crippen molar-refractivity contribution in [2.24, 2.45) is 5.92 Å². The van der Waals surface area contributed by atoms with E-state index in [-0.39, 0.29) is 0 Å². The number of hydrogen-bond donors (Lipinski definition) is 0. The van der Waals surface area contributed by atoms with Crippen LogP contribution in [0.5, 0.6) is 0 Å². The van der Waals surface area contributed by atoms with Gasteiger partial charge in [-0.1, -0.05) is 85.0 Å². The first-order chi connectivity index (χ1) is 13.6. The third-order valence-corrected chi connectivity index (χ3v) is 7.35. The van der Waals surface area contributed by atoms with Crippen LogP contribution in [0.15, 0.2) is 0 Å². The van der Waals surface area contributed by atoms with E-state index in [1.54, 1.807) is 7.11 Å². The number of unbranched alkanes of at least 4 members (excludes halogenated alkanes) is 8. The van der Waals surface area contributed by atoms with Crippen molar-refractivity contribution in [1.29, 1.82) is 0 Å². The van der Waals surface area contributed by atoms with E-state index in [2.05, 4.69) is 20.8 Å². The normalized spacial score (nSPS) is 14.9. The van der Waals surface area contributed by atoms with Gasteiger partial charge in [0.2, 0.25) is 0 Å². The lowest BCUT2D eigenvalue weighted by atomic mass is 9.95. The summed E-state index contributed by atoms with van der Waals surface area (Å²) in [5, 5.41) is 0. The monoisotopic (exact) mass is 420 g/mol. The molecule has 0 heterocycles. The smallest absolute Gasteiger partial charge is 0.330 e. The van der Waals surface area contributed by atoms with Crippen molar-refractivity contribution < 1.29 is 18.3 Å². The molecule has 0 N–H and O–H groups in total. The summed E-state index contributed by atoms with van der Waals surface area (Å²) in [6, 6.07) is 0. The Kier molecular flexibility index (Phi) is 20.5. The van der Waals surface area contributed by atoms with Crippen LogP contribution >= 0.6 is 7.60 Å². The first-order valence-electron chi connectivity index (χ1n) is 12.0. The van der Waals surface area contributed by atoms with Crippen LogP contribution in [0.4, 0.5) is 0 Å². The Morgan fingerprint density at radius 1 is 0.643 bits per heavy atom. The van der Waals surface area contributed by atoms with Gasteiger partial charge in [0.25, 0.3) is 0 Å². The van der Waals surface area contributed by atoms with Gasteiger partial charge in [-0.2, -0.15) is 0 Å². The summed E-state index contributed by atoms with van der Waals surface area (Å²) in [6.07, 6.45) is 16.7. The van der Waals surface area contributed by atoms with Crippen molar-refractivity contribution >= 4 is 7.60 Å². The number of hydrogen-bond acceptors (Lipinski definition) is 4. The molecule has 2 unspecified atom stereocenters. The van der Waals surface area contributed by atoms with Crippen LogP contribution in [0.3, 0.4) is 0 Å². The zero-order valence-corrected chi connectivity index (χ0v) is 20.3. The molecule has 0 aromatic carbocycles. The molecule has 0 saturated heterocycles. The Hall–Kier alpha value is 0.110. The van der Waals surface area contributed by atoms with Crippen LogP contribution < -0.4 is 0 Å². The maximum atomic E-state index is 13.1. The molecule has 0 bridgehead atoms. The highest BCUT2D eigenvalue weighted by Crippen LogP contribution is 2.49. The fraction of sp³-hybridized carbons (Fsp3) is 1.00. The minimum absolute atomic E-state index is 0.541. The Morgan fingerprint density at radius 2 is 1.21 bits per heavy atom. The van der Waals surface area contributed by atoms with Crippen LogP contribution in [0.2, 0.25) is 0 Å². The third kappa shape index (κ3) is 17.0. The highest BCUT2D eigenvalue weighted by atomic mass is 31.2. The summed E-state index contributed by atoms with van der Waals surface area (Å²) in [5.41, 5.74) is 0. The first-order valence-corrected chi connectivity index (χ1v) is 13.7. The van der Waals surface area contributed by atoms with Crippen LogP contribution in [-0.4, -0.2) is 33.1 Å². The summed E-state index contributed by atoms with van der Waals surface area (Å²) in [7, 11) is -1.18. The zero-order valence-electron chi connectivity index (χ0n) is 19.4. The second kappa shape index (κ2) is 20.4. The Morgan fingerprint density at radius 3 is 1.86 bits per heavy atom. The molecule has 0 fully saturated rings. The molecule has 0 aliphatic heterocycles. The van der Waals surface area contributed by atoms with Gasteiger partial charge in [0.05, 0.1) is 19.4 Å². The lowest BCUT2D eigenvalue weighted by Gasteiger charge is -2.21. The molecule has 0 aliphatic rings. The predicted octanol–water partition coefficient (Wildman–Crippen LogP) is 8.00. The average molecular weight is 421 g/mol. The molecule has 0 aromatic heterocycles. The molecule has 5 heteroatoms. The van der Waals surface area contributed by atoms with E-state index in [4.69, 9.17) is 13.8 Å². The van der Waals surface area contributed by atoms with Crippen molar-refractivity contribution in [3.63, 3.8) is 0 Å². The molecule has 2 atom stereocenters. The SMILES string of the molecule is CCCCCCCOP(=O)(CCCC)OCCC(CCCCCC)CCOC. The topological polar surface area (TPSA) is 44.8 Å². The molecule has 28 heavy (non-hydrogen) atoms. The van der Waals surface area contributed by atoms with Crippen LogP contribution in [0, 0.1) is 5.92 Å². The average Bonchev–Trinajstić information content (AvgIpc) is 2.70. The molecule has 170 valence electrons. The van der Waals surface area contributed by atoms with E-state index in [1.807, 2.05) is 0 Å². The Labute approximate surface area is 176 Å². The molecule has 0 amide bonds. The number of rotatable bonds is 22. The largest absolute Gasteiger partial charge is 0.385 e. The fourth-order valence-electron chi connectivity index (χ4n) is 3.36. The van der Waals surface area contributed by atoms with Gasteiger partial charge < -0.3 is 13.8 Å². The minimum atomic E-state index is -2.94. The highest BCUT2D eigenvalue weighted by Gasteiger charge is 2.24. The van der Waals surface area contributed by atoms with Crippen molar-refractivity contribution in [2.75, 3.05) is 33.1 Å². The van der Waals surface area contributed by atoms with Crippen molar-refractivity contribution in [2.45, 2.75) is 111 Å². The minimum Gasteiger partial charge on any atom is -0.385 e. The second-order valence-electron chi connectivity index (χ2n) is 8.05. The summed E-state index contributed by atoms with van der Waals surface area (Å²) < 4.78 is 30.0. The molecule has 0 aliphatic carbocycles. The van der Waals surface area contributed by atoms with Crippen molar-refractivity contribution in [1.82, 2.24) is 0 Å². The summed E-state index contributed by atoms with van der Waals surface area (Å²) in [6.45, 7) is 8.47. The number of ether oxygens (including phenoxy) is 1. The molecule has 0 aromatic rings. The standard InChI is InChI=1S/C23H49O4P/c1-5-8-11-13-15-19-26-28(24,22-10-7-3)27-21-18-23(17-20-25-4)16-14-12-9-6-2/h23H,5-22H2,1-4H3. The lowest BCUT2D eigenvalue weighted by Crippen LogP contribution is -2.10. The van der Waals surface area contributed by atoms with Gasteiger partial charge in [-0.25, -0.2) is 0 Å². The molecular formula is C23H49O4P. The molecule has 0 rings (SSSR count). The van der Waals surface area contributed by atoms with Crippen LogP contribution in [0.25, 0.3) is 0 Å². The summed E-state index contributed by atoms with van der Waals surface area (Å²) in [5.74, 6) is 0.588. The van der Waals surface area contributed by atoms with Gasteiger partial charge in [0.15, 0.2) is 0 Å². The molecule has 0 spiro atoms. The molecule has 4 nitrogen and oxygen atoms in total. The van der Waals surface area contributed by atoms with E-state index in [0.29, 0.717) is 25.3 Å². The third-order valence-electron chi connectivity index (χ3n) is 5.33. The Bertz CT molecular complexity index is 363. The van der Waals surface area contributed by atoms with Gasteiger partial charge in [-0.05, 0) is 31.6 Å². The molecular weight excluding hydrogens is 371 g/mol. The second-order valence-corrected chi connectivity index (χ2v) is 10.2. The lowest BCUT2D eigenvalue weighted by molar-refractivity contribution is 0.155. The van der Waals surface area contributed by atoms with E-state index in [9.17, 15) is 4.57 Å². The van der Waals surface area contributed by atoms with E-state index < -0.39 is 7.60 Å². The summed E-state index contributed by atoms with van der Waals surface area (Å²) in [4.78, 5) is 0. The van der Waals surface area contributed by atoms with Crippen LogP contribution in [0.1, 0.15) is 111 Å². The van der Waals surface area contributed by atoms with Gasteiger partial charge in [-0.15, -0.1) is 0 Å². The quantitative estimate of drug-likeness (QED) is 0.131. The highest BCUT2D eigenvalue weighted by molar-refractivity contribution is 7.53. The van der Waals surface area contributed by atoms with Crippen LogP contribution in [-0.2, 0) is 18.3 Å². The zero-order chi connectivity index (χ0) is 20.9. The Balaban J connectivity index is 4.31. The van der Waals surface area contributed by atoms with Gasteiger partial charge in [-0.3, -0.25) is 4.57 Å². The maximum Gasteiger partial charge on any atom is 0.330 e. The van der Waals surface area contributed by atoms with Gasteiger partial charge in [0.1, 0.15) is 0 Å². The van der Waals surface area contributed by atoms with E-state index in [0.717, 1.165) is 45.1 Å². The first kappa shape index (κ1) is 28.1. The van der Waals surface area contributed by atoms with E-state index >= 15 is 0 Å². The summed E-state index contributed by atoms with van der Waals surface area (Å²) >= 11 is 0. The molecule has 0 radical (unpaired) electrons. The van der Waals surface area contributed by atoms with Gasteiger partial charge in [0, 0.05) is 13.7 Å². The molecule has 0 saturated carbocycles. The maximum absolute atomic E-state index is 13.1. The fourth-order valence-corrected chi connectivity index (χ4v) is 5.19.